The summed E-state index contributed by atoms with van der Waals surface area (Å²) in [6, 6.07) is 0. The van der Waals surface area contributed by atoms with E-state index < -0.39 is 11.9 Å². The Kier molecular flexibility index (Phi) is 10.5. The Morgan fingerprint density at radius 1 is 0.762 bits per heavy atom. The Morgan fingerprint density at radius 3 is 1.29 bits per heavy atom. The van der Waals surface area contributed by atoms with Crippen molar-refractivity contribution in [3.8, 4) is 0 Å². The second-order valence-corrected chi connectivity index (χ2v) is 6.58. The van der Waals surface area contributed by atoms with Crippen LogP contribution in [-0.4, -0.2) is 11.9 Å². The molecule has 0 aromatic carbocycles. The molecule has 2 aliphatic rings. The van der Waals surface area contributed by atoms with Crippen LogP contribution < -0.4 is 10.2 Å². The van der Waals surface area contributed by atoms with Gasteiger partial charge in [-0.25, -0.2) is 0 Å². The van der Waals surface area contributed by atoms with Crippen molar-refractivity contribution in [1.29, 1.82) is 0 Å². The van der Waals surface area contributed by atoms with E-state index >= 15 is 0 Å². The van der Waals surface area contributed by atoms with Gasteiger partial charge in [-0.05, 0) is 49.4 Å². The molecule has 0 radical (unpaired) electrons. The topological polar surface area (TPSA) is 80.3 Å². The summed E-state index contributed by atoms with van der Waals surface area (Å²) >= 11 is 0. The number of carbonyl (C=O) groups excluding carboxylic acids is 2. The van der Waals surface area contributed by atoms with E-state index in [0.29, 0.717) is 11.8 Å². The third-order valence-corrected chi connectivity index (χ3v) is 4.54. The third-order valence-electron chi connectivity index (χ3n) is 4.54. The van der Waals surface area contributed by atoms with Crippen LogP contribution in [0.3, 0.4) is 0 Å². The van der Waals surface area contributed by atoms with Crippen LogP contribution in [0.1, 0.15) is 65.2 Å². The van der Waals surface area contributed by atoms with Gasteiger partial charge in [-0.1, -0.05) is 39.5 Å². The fourth-order valence-corrected chi connectivity index (χ4v) is 3.30. The maximum absolute atomic E-state index is 10.4. The van der Waals surface area contributed by atoms with Gasteiger partial charge in [0.05, 0.1) is 0 Å². The van der Waals surface area contributed by atoms with Gasteiger partial charge in [0.15, 0.2) is 0 Å². The molecule has 0 amide bonds. The van der Waals surface area contributed by atoms with E-state index in [0.717, 1.165) is 38.5 Å². The largest absolute Gasteiger partial charge is 2.00 e. The molecule has 2 fully saturated rings. The van der Waals surface area contributed by atoms with Crippen molar-refractivity contribution in [2.24, 2.45) is 23.7 Å². The Bertz CT molecular complexity index is 300. The minimum atomic E-state index is -0.855. The summed E-state index contributed by atoms with van der Waals surface area (Å²) in [5.74, 6) is -0.876. The third kappa shape index (κ3) is 8.16. The van der Waals surface area contributed by atoms with Crippen molar-refractivity contribution in [1.82, 2.24) is 0 Å². The number of hydrogen-bond acceptors (Lipinski definition) is 4. The number of rotatable bonds is 2. The van der Waals surface area contributed by atoms with Crippen LogP contribution in [-0.2, 0) is 36.9 Å². The molecule has 0 aromatic heterocycles. The van der Waals surface area contributed by atoms with Crippen LogP contribution in [0.2, 0.25) is 0 Å². The van der Waals surface area contributed by atoms with E-state index in [4.69, 9.17) is 0 Å². The van der Waals surface area contributed by atoms with E-state index in [1.54, 1.807) is 0 Å². The van der Waals surface area contributed by atoms with Crippen molar-refractivity contribution in [2.45, 2.75) is 65.2 Å². The average molecular weight is 395 g/mol. The molecule has 4 atom stereocenters. The molecule has 4 nitrogen and oxygen atoms in total. The van der Waals surface area contributed by atoms with Gasteiger partial charge in [-0.3, -0.25) is 0 Å². The summed E-state index contributed by atoms with van der Waals surface area (Å²) in [4.78, 5) is 20.8. The fourth-order valence-electron chi connectivity index (χ4n) is 3.30. The zero-order valence-corrected chi connectivity index (χ0v) is 17.3. The predicted molar refractivity (Wildman–Crippen MR) is 72.3 cm³/mol. The number of aliphatic carboxylic acids is 2. The van der Waals surface area contributed by atoms with Gasteiger partial charge in [0.2, 0.25) is 0 Å². The van der Waals surface area contributed by atoms with Gasteiger partial charge in [-0.15, -0.1) is 0 Å². The van der Waals surface area contributed by atoms with Crippen LogP contribution in [0.15, 0.2) is 0 Å². The summed E-state index contributed by atoms with van der Waals surface area (Å²) < 4.78 is 0. The monoisotopic (exact) mass is 396 g/mol. The molecule has 0 aliphatic heterocycles. The molecule has 0 aromatic rings. The SMILES string of the molecule is CC1CCCC(C(=O)[O-])C1.CC1CCCC(C(=O)[O-])C1.[Cd+2]. The molecule has 21 heavy (non-hydrogen) atoms. The Morgan fingerprint density at radius 2 is 1.10 bits per heavy atom. The molecule has 5 heteroatoms. The maximum atomic E-state index is 10.4. The van der Waals surface area contributed by atoms with Gasteiger partial charge >= 0.3 is 27.3 Å². The second kappa shape index (κ2) is 10.6. The van der Waals surface area contributed by atoms with Gasteiger partial charge < -0.3 is 19.8 Å². The predicted octanol–water partition coefficient (Wildman–Crippen LogP) is 1.12. The molecule has 4 unspecified atom stereocenters. The van der Waals surface area contributed by atoms with Gasteiger partial charge in [0.1, 0.15) is 0 Å². The smallest absolute Gasteiger partial charge is 0.550 e. The molecular formula is C16H26CdO4. The van der Waals surface area contributed by atoms with Crippen molar-refractivity contribution in [2.75, 3.05) is 0 Å². The molecule has 0 heterocycles. The molecule has 0 spiro atoms. The van der Waals surface area contributed by atoms with E-state index in [1.807, 2.05) is 0 Å². The molecule has 0 saturated heterocycles. The molecule has 0 N–H and O–H groups in total. The molecule has 2 saturated carbocycles. The second-order valence-electron chi connectivity index (χ2n) is 6.58. The summed E-state index contributed by atoms with van der Waals surface area (Å²) in [5, 5.41) is 20.8. The quantitative estimate of drug-likeness (QED) is 0.657. The average Bonchev–Trinajstić information content (AvgIpc) is 2.39. The number of carboxylic acid groups (broad SMARTS) is 2. The van der Waals surface area contributed by atoms with Gasteiger partial charge in [0, 0.05) is 11.9 Å². The first kappa shape index (κ1) is 20.9. The molecule has 2 aliphatic carbocycles. The summed E-state index contributed by atoms with van der Waals surface area (Å²) in [6.07, 6.45) is 7.78. The molecule has 2 rings (SSSR count). The van der Waals surface area contributed by atoms with Crippen LogP contribution in [0.5, 0.6) is 0 Å². The molecular weight excluding hydrogens is 369 g/mol. The van der Waals surface area contributed by atoms with Crippen LogP contribution >= 0.6 is 0 Å². The fraction of sp³-hybridized carbons (Fsp3) is 0.875. The van der Waals surface area contributed by atoms with Crippen molar-refractivity contribution in [3.05, 3.63) is 0 Å². The summed E-state index contributed by atoms with van der Waals surface area (Å²) in [6.45, 7) is 4.21. The summed E-state index contributed by atoms with van der Waals surface area (Å²) in [7, 11) is 0. The van der Waals surface area contributed by atoms with Crippen LogP contribution in [0.25, 0.3) is 0 Å². The normalized spacial score (nSPS) is 32.1. The van der Waals surface area contributed by atoms with Gasteiger partial charge in [0.25, 0.3) is 0 Å². The Hall–Kier alpha value is -0.138. The number of carbonyl (C=O) groups is 2. The summed E-state index contributed by atoms with van der Waals surface area (Å²) in [5.41, 5.74) is 0. The van der Waals surface area contributed by atoms with Crippen LogP contribution in [0.4, 0.5) is 0 Å². The number of carboxylic acids is 2. The Balaban J connectivity index is 0.000000364. The Labute approximate surface area is 147 Å². The number of hydrogen-bond donors (Lipinski definition) is 0. The first-order valence-corrected chi connectivity index (χ1v) is 7.81. The van der Waals surface area contributed by atoms with Crippen molar-refractivity contribution >= 4 is 11.9 Å². The first-order chi connectivity index (χ1) is 9.40. The zero-order chi connectivity index (χ0) is 15.1. The van der Waals surface area contributed by atoms with E-state index in [9.17, 15) is 19.8 Å². The zero-order valence-electron chi connectivity index (χ0n) is 13.3. The molecule has 0 bridgehead atoms. The van der Waals surface area contributed by atoms with Crippen molar-refractivity contribution < 1.29 is 47.1 Å². The van der Waals surface area contributed by atoms with E-state index in [2.05, 4.69) is 13.8 Å². The maximum Gasteiger partial charge on any atom is 2.00 e. The van der Waals surface area contributed by atoms with Crippen LogP contribution in [0, 0.1) is 23.7 Å². The minimum Gasteiger partial charge on any atom is -0.550 e. The standard InChI is InChI=1S/2C8H14O2.Cd/c2*1-6-3-2-4-7(5-6)8(9)10;/h2*6-7H,2-5H2,1H3,(H,9,10);/q;;+2/p-2. The van der Waals surface area contributed by atoms with E-state index in [1.165, 1.54) is 12.8 Å². The van der Waals surface area contributed by atoms with Gasteiger partial charge in [-0.2, -0.15) is 0 Å². The minimum absolute atomic E-state index is 0. The first-order valence-electron chi connectivity index (χ1n) is 7.81. The van der Waals surface area contributed by atoms with E-state index in [-0.39, 0.29) is 39.1 Å². The van der Waals surface area contributed by atoms with Crippen molar-refractivity contribution in [3.63, 3.8) is 0 Å². The molecule has 116 valence electrons.